The second-order valence-corrected chi connectivity index (χ2v) is 14.7. The summed E-state index contributed by atoms with van der Waals surface area (Å²) in [5.74, 6) is 0. The molecule has 49 heavy (non-hydrogen) atoms. The monoisotopic (exact) mass is 659 g/mol. The largest absolute Gasteiger partial charge is 0.310 e. The van der Waals surface area contributed by atoms with Crippen LogP contribution in [0.1, 0.15) is 0 Å². The molecule has 1 nitrogen and oxygen atoms in total. The fourth-order valence-corrected chi connectivity index (χ4v) is 9.65. The molecule has 2 heterocycles. The number of hydrogen-bond acceptors (Lipinski definition) is 3. The molecule has 3 heteroatoms. The summed E-state index contributed by atoms with van der Waals surface area (Å²) >= 11 is 3.73. The summed E-state index contributed by atoms with van der Waals surface area (Å²) in [7, 11) is 0. The molecule has 0 unspecified atom stereocenters. The van der Waals surface area contributed by atoms with Crippen molar-refractivity contribution in [3.8, 4) is 22.3 Å². The molecule has 0 N–H and O–H groups in total. The van der Waals surface area contributed by atoms with Crippen molar-refractivity contribution in [3.05, 3.63) is 176 Å². The highest BCUT2D eigenvalue weighted by Gasteiger charge is 2.17. The quantitative estimate of drug-likeness (QED) is 0.178. The van der Waals surface area contributed by atoms with E-state index < -0.39 is 0 Å². The van der Waals surface area contributed by atoms with Gasteiger partial charge < -0.3 is 4.90 Å². The maximum atomic E-state index is 2.41. The summed E-state index contributed by atoms with van der Waals surface area (Å²) in [6.45, 7) is 0. The molecule has 0 aliphatic rings. The second-order valence-electron chi connectivity index (χ2n) is 12.5. The van der Waals surface area contributed by atoms with Crippen LogP contribution in [0.15, 0.2) is 176 Å². The predicted octanol–water partition coefficient (Wildman–Crippen LogP) is 14.4. The summed E-state index contributed by atoms with van der Waals surface area (Å²) in [5.41, 5.74) is 8.40. The van der Waals surface area contributed by atoms with Gasteiger partial charge in [-0.1, -0.05) is 127 Å². The number of nitrogens with zero attached hydrogens (tertiary/aromatic N) is 1. The third-order valence-corrected chi connectivity index (χ3v) is 12.0. The molecule has 0 aliphatic carbocycles. The topological polar surface area (TPSA) is 3.24 Å². The average Bonchev–Trinajstić information content (AvgIpc) is 3.73. The van der Waals surface area contributed by atoms with Crippen molar-refractivity contribution in [3.63, 3.8) is 0 Å². The standard InChI is InChI=1S/C46H29NS2/c1-2-10-30(11-3-1)35-14-8-17-38-36(15-9-16-37(35)38)31-20-22-32(23-21-31)47(33-24-26-41-39-12-4-6-18-43(39)48-45(41)28-33)34-25-27-42-40-13-5-7-19-44(40)49-46(42)29-34/h1-29H. The van der Waals surface area contributed by atoms with E-state index >= 15 is 0 Å². The first-order chi connectivity index (χ1) is 24.3. The van der Waals surface area contributed by atoms with Crippen LogP contribution < -0.4 is 4.90 Å². The van der Waals surface area contributed by atoms with Gasteiger partial charge in [-0.3, -0.25) is 0 Å². The van der Waals surface area contributed by atoms with Gasteiger partial charge in [-0.15, -0.1) is 22.7 Å². The van der Waals surface area contributed by atoms with E-state index in [0.717, 1.165) is 17.1 Å². The summed E-state index contributed by atoms with van der Waals surface area (Å²) in [4.78, 5) is 2.41. The number of hydrogen-bond donors (Lipinski definition) is 0. The van der Waals surface area contributed by atoms with Crippen LogP contribution in [0.2, 0.25) is 0 Å². The van der Waals surface area contributed by atoms with Crippen molar-refractivity contribution < 1.29 is 0 Å². The zero-order valence-corrected chi connectivity index (χ0v) is 28.1. The van der Waals surface area contributed by atoms with Crippen LogP contribution in [0.25, 0.3) is 73.4 Å². The maximum absolute atomic E-state index is 2.41. The van der Waals surface area contributed by atoms with Crippen molar-refractivity contribution in [2.45, 2.75) is 0 Å². The van der Waals surface area contributed by atoms with Crippen LogP contribution in [-0.2, 0) is 0 Å². The lowest BCUT2D eigenvalue weighted by atomic mass is 9.93. The van der Waals surface area contributed by atoms with Gasteiger partial charge in [0.05, 0.1) is 0 Å². The van der Waals surface area contributed by atoms with E-state index in [0.29, 0.717) is 0 Å². The Morgan fingerprint density at radius 2 is 0.714 bits per heavy atom. The molecular weight excluding hydrogens is 631 g/mol. The summed E-state index contributed by atoms with van der Waals surface area (Å²) in [5, 5.41) is 7.80. The van der Waals surface area contributed by atoms with E-state index in [1.54, 1.807) is 0 Å². The molecule has 0 amide bonds. The Morgan fingerprint density at radius 1 is 0.286 bits per heavy atom. The van der Waals surface area contributed by atoms with Gasteiger partial charge in [0.1, 0.15) is 0 Å². The molecule has 0 atom stereocenters. The minimum atomic E-state index is 1.13. The van der Waals surface area contributed by atoms with Crippen molar-refractivity contribution >= 4 is 90.9 Å². The molecule has 0 radical (unpaired) electrons. The first-order valence-corrected chi connectivity index (χ1v) is 18.2. The van der Waals surface area contributed by atoms with Crippen LogP contribution in [0.5, 0.6) is 0 Å². The van der Waals surface area contributed by atoms with Crippen LogP contribution in [0.3, 0.4) is 0 Å². The molecule has 2 aromatic heterocycles. The van der Waals surface area contributed by atoms with Crippen molar-refractivity contribution in [1.29, 1.82) is 0 Å². The molecule has 0 bridgehead atoms. The van der Waals surface area contributed by atoms with Gasteiger partial charge in [0.15, 0.2) is 0 Å². The Balaban J connectivity index is 1.12. The van der Waals surface area contributed by atoms with E-state index in [1.165, 1.54) is 73.4 Å². The zero-order chi connectivity index (χ0) is 32.3. The summed E-state index contributed by atoms with van der Waals surface area (Å²) < 4.78 is 5.24. The minimum Gasteiger partial charge on any atom is -0.310 e. The van der Waals surface area contributed by atoms with Crippen LogP contribution in [-0.4, -0.2) is 0 Å². The van der Waals surface area contributed by atoms with Gasteiger partial charge in [0, 0.05) is 57.4 Å². The highest BCUT2D eigenvalue weighted by atomic mass is 32.1. The van der Waals surface area contributed by atoms with Crippen LogP contribution >= 0.6 is 22.7 Å². The average molecular weight is 660 g/mol. The Bertz CT molecular complexity index is 2710. The Morgan fingerprint density at radius 3 is 1.27 bits per heavy atom. The molecule has 0 spiro atoms. The highest BCUT2D eigenvalue weighted by molar-refractivity contribution is 7.26. The van der Waals surface area contributed by atoms with E-state index in [1.807, 2.05) is 22.7 Å². The zero-order valence-electron chi connectivity index (χ0n) is 26.5. The van der Waals surface area contributed by atoms with Crippen molar-refractivity contribution in [2.75, 3.05) is 4.90 Å². The van der Waals surface area contributed by atoms with Crippen LogP contribution in [0.4, 0.5) is 17.1 Å². The minimum absolute atomic E-state index is 1.13. The van der Waals surface area contributed by atoms with Gasteiger partial charge in [0.25, 0.3) is 0 Å². The maximum Gasteiger partial charge on any atom is 0.0476 e. The number of anilines is 3. The smallest absolute Gasteiger partial charge is 0.0476 e. The molecule has 0 fully saturated rings. The first-order valence-electron chi connectivity index (χ1n) is 16.6. The van der Waals surface area contributed by atoms with Gasteiger partial charge in [-0.2, -0.15) is 0 Å². The van der Waals surface area contributed by atoms with E-state index in [-0.39, 0.29) is 0 Å². The highest BCUT2D eigenvalue weighted by Crippen LogP contribution is 2.44. The Hall–Kier alpha value is -5.74. The third kappa shape index (κ3) is 4.74. The predicted molar refractivity (Wildman–Crippen MR) is 215 cm³/mol. The molecule has 10 rings (SSSR count). The van der Waals surface area contributed by atoms with E-state index in [4.69, 9.17) is 0 Å². The van der Waals surface area contributed by atoms with Crippen molar-refractivity contribution in [1.82, 2.24) is 0 Å². The molecule has 0 aliphatic heterocycles. The summed E-state index contributed by atoms with van der Waals surface area (Å²) in [6.07, 6.45) is 0. The molecule has 10 aromatic rings. The molecule has 0 saturated carbocycles. The Labute approximate surface area is 292 Å². The van der Waals surface area contributed by atoms with Crippen molar-refractivity contribution in [2.24, 2.45) is 0 Å². The third-order valence-electron chi connectivity index (χ3n) is 9.68. The number of thiophene rings is 2. The summed E-state index contributed by atoms with van der Waals surface area (Å²) in [6, 6.07) is 64.4. The van der Waals surface area contributed by atoms with Gasteiger partial charge >= 0.3 is 0 Å². The van der Waals surface area contributed by atoms with Gasteiger partial charge in [-0.05, 0) is 81.6 Å². The lowest BCUT2D eigenvalue weighted by molar-refractivity contribution is 1.30. The molecule has 230 valence electrons. The fraction of sp³-hybridized carbons (Fsp3) is 0. The Kier molecular flexibility index (Phi) is 6.61. The van der Waals surface area contributed by atoms with E-state index in [2.05, 4.69) is 181 Å². The van der Waals surface area contributed by atoms with E-state index in [9.17, 15) is 0 Å². The fourth-order valence-electron chi connectivity index (χ4n) is 7.38. The number of benzene rings is 8. The lowest BCUT2D eigenvalue weighted by Crippen LogP contribution is -2.09. The molecule has 8 aromatic carbocycles. The second kappa shape index (κ2) is 11.5. The molecular formula is C46H29NS2. The SMILES string of the molecule is c1ccc(-c2cccc3c(-c4ccc(N(c5ccc6c(c5)sc5ccccc56)c5ccc6c(c5)sc5ccccc56)cc4)cccc23)cc1. The molecule has 0 saturated heterocycles. The van der Waals surface area contributed by atoms with Gasteiger partial charge in [-0.25, -0.2) is 0 Å². The number of rotatable bonds is 5. The lowest BCUT2D eigenvalue weighted by Gasteiger charge is -2.26. The van der Waals surface area contributed by atoms with Gasteiger partial charge in [0.2, 0.25) is 0 Å². The number of fused-ring (bicyclic) bond motifs is 7. The first kappa shape index (κ1) is 28.3. The van der Waals surface area contributed by atoms with Crippen LogP contribution in [0, 0.1) is 0 Å². The normalized spacial score (nSPS) is 11.7.